The van der Waals surface area contributed by atoms with Crippen LogP contribution in [-0.2, 0) is 4.79 Å². The van der Waals surface area contributed by atoms with E-state index in [1.807, 2.05) is 12.1 Å². The lowest BCUT2D eigenvalue weighted by atomic mass is 10.0. The first-order valence-corrected chi connectivity index (χ1v) is 8.57. The number of likely N-dealkylation sites (N-methyl/N-ethyl adjacent to an activating group) is 1. The Morgan fingerprint density at radius 2 is 1.96 bits per heavy atom. The van der Waals surface area contributed by atoms with E-state index in [2.05, 4.69) is 35.2 Å². The average molecular weight is 317 g/mol. The van der Waals surface area contributed by atoms with Crippen molar-refractivity contribution in [2.75, 3.05) is 43.4 Å². The van der Waals surface area contributed by atoms with E-state index in [1.54, 1.807) is 0 Å². The van der Waals surface area contributed by atoms with E-state index < -0.39 is 6.10 Å². The normalized spacial score (nSPS) is 25.6. The maximum absolute atomic E-state index is 12.3. The molecule has 2 fully saturated rings. The summed E-state index contributed by atoms with van der Waals surface area (Å²) in [5, 5.41) is 12.8. The molecule has 1 saturated carbocycles. The van der Waals surface area contributed by atoms with Gasteiger partial charge in [-0.25, -0.2) is 0 Å². The van der Waals surface area contributed by atoms with Crippen LogP contribution in [0.5, 0.6) is 0 Å². The van der Waals surface area contributed by atoms with Gasteiger partial charge in [-0.3, -0.25) is 4.79 Å². The van der Waals surface area contributed by atoms with Gasteiger partial charge in [-0.2, -0.15) is 0 Å². The summed E-state index contributed by atoms with van der Waals surface area (Å²) in [4.78, 5) is 17.0. The summed E-state index contributed by atoms with van der Waals surface area (Å²) in [7, 11) is 2.15. The van der Waals surface area contributed by atoms with Crippen LogP contribution < -0.4 is 10.2 Å². The van der Waals surface area contributed by atoms with E-state index in [4.69, 9.17) is 0 Å². The maximum Gasteiger partial charge on any atom is 0.230 e. The molecule has 1 saturated heterocycles. The summed E-state index contributed by atoms with van der Waals surface area (Å²) < 4.78 is 0. The Morgan fingerprint density at radius 3 is 2.57 bits per heavy atom. The van der Waals surface area contributed by atoms with Crippen molar-refractivity contribution in [2.45, 2.75) is 32.3 Å². The number of piperazine rings is 1. The van der Waals surface area contributed by atoms with Crippen molar-refractivity contribution in [1.82, 2.24) is 4.90 Å². The molecule has 0 bridgehead atoms. The van der Waals surface area contributed by atoms with Crippen LogP contribution in [0.25, 0.3) is 0 Å². The van der Waals surface area contributed by atoms with Gasteiger partial charge in [0.2, 0.25) is 5.91 Å². The zero-order chi connectivity index (χ0) is 16.4. The van der Waals surface area contributed by atoms with E-state index in [-0.39, 0.29) is 11.8 Å². The fraction of sp³-hybridized carbons (Fsp3) is 0.611. The monoisotopic (exact) mass is 317 g/mol. The van der Waals surface area contributed by atoms with Crippen LogP contribution in [0.4, 0.5) is 11.4 Å². The van der Waals surface area contributed by atoms with E-state index in [1.165, 1.54) is 11.3 Å². The molecule has 1 aromatic rings. The fourth-order valence-electron chi connectivity index (χ4n) is 3.62. The molecule has 1 aliphatic carbocycles. The number of carbonyl (C=O) groups is 1. The molecule has 3 rings (SSSR count). The highest BCUT2D eigenvalue weighted by Crippen LogP contribution is 2.28. The molecule has 1 amide bonds. The van der Waals surface area contributed by atoms with Gasteiger partial charge in [-0.15, -0.1) is 0 Å². The van der Waals surface area contributed by atoms with Crippen LogP contribution in [0.1, 0.15) is 24.8 Å². The first-order chi connectivity index (χ1) is 11.0. The highest BCUT2D eigenvalue weighted by molar-refractivity contribution is 5.93. The molecule has 126 valence electrons. The first kappa shape index (κ1) is 16.3. The average Bonchev–Trinajstić information content (AvgIpc) is 2.95. The number of aliphatic hydroxyl groups is 1. The molecule has 2 atom stereocenters. The van der Waals surface area contributed by atoms with Gasteiger partial charge in [0.25, 0.3) is 0 Å². The highest BCUT2D eigenvalue weighted by atomic mass is 16.3. The standard InChI is InChI=1S/C18H27N3O2/c1-13-12-14(19-18(23)15-4-3-5-17(15)22)6-7-16(13)21-10-8-20(2)9-11-21/h6-7,12,15,17,22H,3-5,8-11H2,1-2H3,(H,19,23). The van der Waals surface area contributed by atoms with Crippen LogP contribution in [0.2, 0.25) is 0 Å². The lowest BCUT2D eigenvalue weighted by Crippen LogP contribution is -2.44. The summed E-state index contributed by atoms with van der Waals surface area (Å²) in [6.07, 6.45) is 1.96. The Kier molecular flexibility index (Phi) is 4.87. The van der Waals surface area contributed by atoms with Gasteiger partial charge in [0.05, 0.1) is 12.0 Å². The van der Waals surface area contributed by atoms with Crippen molar-refractivity contribution in [1.29, 1.82) is 0 Å². The van der Waals surface area contributed by atoms with Crippen molar-refractivity contribution in [2.24, 2.45) is 5.92 Å². The third kappa shape index (κ3) is 3.67. The second-order valence-corrected chi connectivity index (χ2v) is 6.89. The van der Waals surface area contributed by atoms with Gasteiger partial charge < -0.3 is 20.2 Å². The molecule has 5 heteroatoms. The van der Waals surface area contributed by atoms with Crippen molar-refractivity contribution in [3.63, 3.8) is 0 Å². The molecule has 2 unspecified atom stereocenters. The zero-order valence-electron chi connectivity index (χ0n) is 14.1. The molecule has 5 nitrogen and oxygen atoms in total. The molecular weight excluding hydrogens is 290 g/mol. The number of aryl methyl sites for hydroxylation is 1. The number of benzene rings is 1. The third-order valence-corrected chi connectivity index (χ3v) is 5.12. The third-order valence-electron chi connectivity index (χ3n) is 5.12. The van der Waals surface area contributed by atoms with Crippen molar-refractivity contribution < 1.29 is 9.90 Å². The van der Waals surface area contributed by atoms with Crippen LogP contribution in [-0.4, -0.2) is 55.2 Å². The van der Waals surface area contributed by atoms with E-state index in [0.29, 0.717) is 0 Å². The Labute approximate surface area is 138 Å². The van der Waals surface area contributed by atoms with E-state index in [0.717, 1.165) is 51.1 Å². The van der Waals surface area contributed by atoms with Crippen LogP contribution in [0.15, 0.2) is 18.2 Å². The SMILES string of the molecule is Cc1cc(NC(=O)C2CCCC2O)ccc1N1CCN(C)CC1. The number of hydrogen-bond acceptors (Lipinski definition) is 4. The lowest BCUT2D eigenvalue weighted by Gasteiger charge is -2.35. The number of rotatable bonds is 3. The van der Waals surface area contributed by atoms with Crippen LogP contribution >= 0.6 is 0 Å². The molecule has 0 radical (unpaired) electrons. The number of carbonyl (C=O) groups excluding carboxylic acids is 1. The minimum atomic E-state index is -0.485. The molecule has 0 spiro atoms. The molecular formula is C18H27N3O2. The number of nitrogens with one attached hydrogen (secondary N) is 1. The molecule has 1 heterocycles. The number of anilines is 2. The summed E-state index contributed by atoms with van der Waals surface area (Å²) in [5.41, 5.74) is 3.25. The van der Waals surface area contributed by atoms with Gasteiger partial charge in [-0.1, -0.05) is 0 Å². The smallest absolute Gasteiger partial charge is 0.230 e. The largest absolute Gasteiger partial charge is 0.392 e. The number of amides is 1. The summed E-state index contributed by atoms with van der Waals surface area (Å²) >= 11 is 0. The van der Waals surface area contributed by atoms with Gasteiger partial charge in [0.15, 0.2) is 0 Å². The lowest BCUT2D eigenvalue weighted by molar-refractivity contribution is -0.122. The van der Waals surface area contributed by atoms with Gasteiger partial charge in [-0.05, 0) is 57.0 Å². The minimum absolute atomic E-state index is 0.0539. The van der Waals surface area contributed by atoms with Crippen molar-refractivity contribution >= 4 is 17.3 Å². The van der Waals surface area contributed by atoms with Crippen molar-refractivity contribution in [3.8, 4) is 0 Å². The van der Waals surface area contributed by atoms with E-state index >= 15 is 0 Å². The number of aliphatic hydroxyl groups excluding tert-OH is 1. The second-order valence-electron chi connectivity index (χ2n) is 6.89. The molecule has 2 aliphatic rings. The Bertz CT molecular complexity index is 567. The van der Waals surface area contributed by atoms with Gasteiger partial charge in [0.1, 0.15) is 0 Å². The van der Waals surface area contributed by atoms with E-state index in [9.17, 15) is 9.90 Å². The Hall–Kier alpha value is -1.59. The highest BCUT2D eigenvalue weighted by Gasteiger charge is 2.31. The predicted molar refractivity (Wildman–Crippen MR) is 92.9 cm³/mol. The molecule has 0 aromatic heterocycles. The zero-order valence-corrected chi connectivity index (χ0v) is 14.1. The number of hydrogen-bond donors (Lipinski definition) is 2. The molecule has 23 heavy (non-hydrogen) atoms. The van der Waals surface area contributed by atoms with Crippen LogP contribution in [0, 0.1) is 12.8 Å². The first-order valence-electron chi connectivity index (χ1n) is 8.57. The Morgan fingerprint density at radius 1 is 1.22 bits per heavy atom. The summed E-state index contributed by atoms with van der Waals surface area (Å²) in [5.74, 6) is -0.311. The maximum atomic E-state index is 12.3. The number of nitrogens with zero attached hydrogens (tertiary/aromatic N) is 2. The molecule has 1 aliphatic heterocycles. The molecule has 2 N–H and O–H groups in total. The van der Waals surface area contributed by atoms with Crippen LogP contribution in [0.3, 0.4) is 0 Å². The summed E-state index contributed by atoms with van der Waals surface area (Å²) in [6, 6.07) is 6.11. The minimum Gasteiger partial charge on any atom is -0.392 e. The van der Waals surface area contributed by atoms with Gasteiger partial charge in [0, 0.05) is 37.6 Å². The predicted octanol–water partition coefficient (Wildman–Crippen LogP) is 1.85. The molecule has 1 aromatic carbocycles. The quantitative estimate of drug-likeness (QED) is 0.893. The Balaban J connectivity index is 1.66. The summed E-state index contributed by atoms with van der Waals surface area (Å²) in [6.45, 7) is 6.33. The fourth-order valence-corrected chi connectivity index (χ4v) is 3.62. The van der Waals surface area contributed by atoms with Gasteiger partial charge >= 0.3 is 0 Å². The second kappa shape index (κ2) is 6.89. The van der Waals surface area contributed by atoms with Crippen molar-refractivity contribution in [3.05, 3.63) is 23.8 Å². The topological polar surface area (TPSA) is 55.8 Å².